The van der Waals surface area contributed by atoms with Crippen molar-refractivity contribution >= 4 is 22.7 Å². The number of carbonyl (C=O) groups excluding carboxylic acids is 2. The number of ketones is 1. The molecule has 7 heteroatoms. The number of amides is 1. The molecule has 0 aliphatic carbocycles. The van der Waals surface area contributed by atoms with Crippen LogP contribution in [-0.4, -0.2) is 49.1 Å². The van der Waals surface area contributed by atoms with Crippen molar-refractivity contribution in [2.24, 2.45) is 0 Å². The van der Waals surface area contributed by atoms with E-state index in [1.54, 1.807) is 24.3 Å². The molecule has 2 aromatic carbocycles. The minimum Gasteiger partial charge on any atom is -0.503 e. The molecule has 1 unspecified atom stereocenters. The lowest BCUT2D eigenvalue weighted by Crippen LogP contribution is -2.34. The Morgan fingerprint density at radius 1 is 1.16 bits per heavy atom. The molecule has 2 heterocycles. The Balaban J connectivity index is 1.80. The number of aliphatic hydroxyl groups excluding tert-OH is 1. The first-order valence-corrected chi connectivity index (χ1v) is 9.87. The van der Waals surface area contributed by atoms with Crippen molar-refractivity contribution < 1.29 is 28.6 Å². The number of hydrogen-bond donors (Lipinski definition) is 1. The fraction of sp³-hybridized carbons (Fsp3) is 0.250. The van der Waals surface area contributed by atoms with Crippen LogP contribution in [0.4, 0.5) is 0 Å². The van der Waals surface area contributed by atoms with Crippen LogP contribution in [0.1, 0.15) is 27.7 Å². The molecule has 160 valence electrons. The van der Waals surface area contributed by atoms with E-state index < -0.39 is 23.5 Å². The molecule has 1 aromatic heterocycles. The van der Waals surface area contributed by atoms with Crippen molar-refractivity contribution in [1.29, 1.82) is 0 Å². The number of carbonyl (C=O) groups is 2. The van der Waals surface area contributed by atoms with Gasteiger partial charge < -0.3 is 23.9 Å². The summed E-state index contributed by atoms with van der Waals surface area (Å²) in [7, 11) is 3.05. The van der Waals surface area contributed by atoms with Gasteiger partial charge in [0.05, 0.1) is 25.3 Å². The van der Waals surface area contributed by atoms with Crippen molar-refractivity contribution in [2.75, 3.05) is 27.4 Å². The van der Waals surface area contributed by atoms with E-state index >= 15 is 0 Å². The molecule has 1 aliphatic heterocycles. The van der Waals surface area contributed by atoms with Gasteiger partial charge in [-0.2, -0.15) is 0 Å². The lowest BCUT2D eigenvalue weighted by Gasteiger charge is -2.26. The number of furan rings is 1. The van der Waals surface area contributed by atoms with E-state index in [0.29, 0.717) is 16.7 Å². The topological polar surface area (TPSA) is 89.2 Å². The molecule has 0 bridgehead atoms. The standard InChI is InChI=1S/C24H23NO6/c1-14-7-9-15(10-8-14)20-19(22(27)24(28)25(20)11-12-29-2)21(26)18-13-16-5-4-6-17(30-3)23(16)31-18/h4-10,13,20,27H,11-12H2,1-3H3. The summed E-state index contributed by atoms with van der Waals surface area (Å²) in [6.07, 6.45) is 0. The summed E-state index contributed by atoms with van der Waals surface area (Å²) in [6.45, 7) is 2.45. The number of benzene rings is 2. The highest BCUT2D eigenvalue weighted by Crippen LogP contribution is 2.40. The minimum atomic E-state index is -0.745. The zero-order valence-electron chi connectivity index (χ0n) is 17.5. The summed E-state index contributed by atoms with van der Waals surface area (Å²) in [5.74, 6) is -1.21. The second kappa shape index (κ2) is 8.28. The first kappa shape index (κ1) is 20.7. The Bertz CT molecular complexity index is 1170. The van der Waals surface area contributed by atoms with Crippen LogP contribution in [0.15, 0.2) is 64.3 Å². The van der Waals surface area contributed by atoms with E-state index in [1.807, 2.05) is 31.2 Å². The van der Waals surface area contributed by atoms with Crippen molar-refractivity contribution in [3.05, 3.63) is 76.8 Å². The smallest absolute Gasteiger partial charge is 0.290 e. The number of hydrogen-bond acceptors (Lipinski definition) is 6. The van der Waals surface area contributed by atoms with Crippen LogP contribution < -0.4 is 4.74 Å². The highest BCUT2D eigenvalue weighted by molar-refractivity contribution is 6.16. The Hall–Kier alpha value is -3.58. The number of ether oxygens (including phenoxy) is 2. The number of methoxy groups -OCH3 is 2. The van der Waals surface area contributed by atoms with Gasteiger partial charge in [-0.15, -0.1) is 0 Å². The molecule has 3 aromatic rings. The van der Waals surface area contributed by atoms with Crippen LogP contribution in [0.3, 0.4) is 0 Å². The summed E-state index contributed by atoms with van der Waals surface area (Å²) in [4.78, 5) is 27.8. The van der Waals surface area contributed by atoms with Crippen molar-refractivity contribution in [1.82, 2.24) is 4.90 Å². The largest absolute Gasteiger partial charge is 0.503 e. The molecule has 4 rings (SSSR count). The Labute approximate surface area is 179 Å². The number of rotatable bonds is 7. The van der Waals surface area contributed by atoms with Crippen LogP contribution in [-0.2, 0) is 9.53 Å². The molecule has 1 amide bonds. The summed E-state index contributed by atoms with van der Waals surface area (Å²) in [5, 5.41) is 11.4. The zero-order chi connectivity index (χ0) is 22.1. The monoisotopic (exact) mass is 421 g/mol. The van der Waals surface area contributed by atoms with Gasteiger partial charge in [-0.25, -0.2) is 0 Å². The molecule has 31 heavy (non-hydrogen) atoms. The molecule has 0 fully saturated rings. The first-order chi connectivity index (χ1) is 15.0. The maximum absolute atomic E-state index is 13.5. The quantitative estimate of drug-likeness (QED) is 0.581. The van der Waals surface area contributed by atoms with E-state index in [2.05, 4.69) is 0 Å². The molecule has 1 atom stereocenters. The molecule has 0 saturated heterocycles. The van der Waals surface area contributed by atoms with Crippen molar-refractivity contribution in [2.45, 2.75) is 13.0 Å². The summed E-state index contributed by atoms with van der Waals surface area (Å²) in [6, 6.07) is 13.7. The summed E-state index contributed by atoms with van der Waals surface area (Å²) < 4.78 is 16.2. The highest BCUT2D eigenvalue weighted by atomic mass is 16.5. The average Bonchev–Trinajstić information content (AvgIpc) is 3.32. The highest BCUT2D eigenvalue weighted by Gasteiger charge is 2.44. The third kappa shape index (κ3) is 3.57. The third-order valence-corrected chi connectivity index (χ3v) is 5.43. The van der Waals surface area contributed by atoms with Crippen molar-refractivity contribution in [3.63, 3.8) is 0 Å². The molecule has 0 radical (unpaired) electrons. The van der Waals surface area contributed by atoms with Crippen LogP contribution in [0.25, 0.3) is 11.0 Å². The van der Waals surface area contributed by atoms with Gasteiger partial charge in [0.2, 0.25) is 5.78 Å². The summed E-state index contributed by atoms with van der Waals surface area (Å²) in [5.41, 5.74) is 2.18. The molecular formula is C24H23NO6. The number of fused-ring (bicyclic) bond motifs is 1. The molecule has 1 N–H and O–H groups in total. The van der Waals surface area contributed by atoms with E-state index in [-0.39, 0.29) is 24.5 Å². The molecular weight excluding hydrogens is 398 g/mol. The van der Waals surface area contributed by atoms with Gasteiger partial charge in [0.15, 0.2) is 22.9 Å². The van der Waals surface area contributed by atoms with E-state index in [0.717, 1.165) is 11.1 Å². The van der Waals surface area contributed by atoms with Gasteiger partial charge in [-0.1, -0.05) is 42.0 Å². The normalized spacial score (nSPS) is 16.4. The number of aryl methyl sites for hydroxylation is 1. The van der Waals surface area contributed by atoms with Gasteiger partial charge in [0.25, 0.3) is 5.91 Å². The SMILES string of the molecule is COCCN1C(=O)C(O)=C(C(=O)c2cc3cccc(OC)c3o2)C1c1ccc(C)cc1. The lowest BCUT2D eigenvalue weighted by atomic mass is 9.94. The van der Waals surface area contributed by atoms with Crippen molar-refractivity contribution in [3.8, 4) is 5.75 Å². The molecule has 7 nitrogen and oxygen atoms in total. The lowest BCUT2D eigenvalue weighted by molar-refractivity contribution is -0.130. The number of para-hydroxylation sites is 1. The number of Topliss-reactive ketones (excluding diaryl/α,β-unsaturated/α-hetero) is 1. The first-order valence-electron chi connectivity index (χ1n) is 9.87. The predicted molar refractivity (Wildman–Crippen MR) is 114 cm³/mol. The van der Waals surface area contributed by atoms with E-state index in [4.69, 9.17) is 13.9 Å². The molecule has 0 saturated carbocycles. The van der Waals surface area contributed by atoms with Gasteiger partial charge in [0.1, 0.15) is 0 Å². The number of nitrogens with zero attached hydrogens (tertiary/aromatic N) is 1. The van der Waals surface area contributed by atoms with Crippen LogP contribution in [0.2, 0.25) is 0 Å². The van der Waals surface area contributed by atoms with Gasteiger partial charge in [0, 0.05) is 19.0 Å². The van der Waals surface area contributed by atoms with Crippen LogP contribution in [0.5, 0.6) is 5.75 Å². The number of aliphatic hydroxyl groups is 1. The summed E-state index contributed by atoms with van der Waals surface area (Å²) >= 11 is 0. The average molecular weight is 421 g/mol. The second-order valence-electron chi connectivity index (χ2n) is 7.39. The van der Waals surface area contributed by atoms with Gasteiger partial charge >= 0.3 is 0 Å². The molecule has 1 aliphatic rings. The maximum atomic E-state index is 13.5. The fourth-order valence-electron chi connectivity index (χ4n) is 3.84. The third-order valence-electron chi connectivity index (χ3n) is 5.43. The van der Waals surface area contributed by atoms with Gasteiger partial charge in [-0.05, 0) is 24.6 Å². The predicted octanol–water partition coefficient (Wildman–Crippen LogP) is 3.97. The minimum absolute atomic E-state index is 0.0111. The molecule has 0 spiro atoms. The maximum Gasteiger partial charge on any atom is 0.290 e. The fourth-order valence-corrected chi connectivity index (χ4v) is 3.84. The van der Waals surface area contributed by atoms with E-state index in [9.17, 15) is 14.7 Å². The second-order valence-corrected chi connectivity index (χ2v) is 7.39. The Morgan fingerprint density at radius 2 is 1.90 bits per heavy atom. The van der Waals surface area contributed by atoms with Crippen LogP contribution in [0, 0.1) is 6.92 Å². The van der Waals surface area contributed by atoms with Gasteiger partial charge in [-0.3, -0.25) is 9.59 Å². The Morgan fingerprint density at radius 3 is 2.58 bits per heavy atom. The Kier molecular flexibility index (Phi) is 5.52. The van der Waals surface area contributed by atoms with E-state index in [1.165, 1.54) is 19.1 Å². The van der Waals surface area contributed by atoms with Crippen LogP contribution >= 0.6 is 0 Å². The zero-order valence-corrected chi connectivity index (χ0v) is 17.5.